The molecule has 78 valence electrons. The average molecular weight is 212 g/mol. The van der Waals surface area contributed by atoms with Gasteiger partial charge in [-0.3, -0.25) is 5.10 Å². The molecule has 0 aliphatic heterocycles. The maximum Gasteiger partial charge on any atom is 0.214 e. The zero-order valence-electron chi connectivity index (χ0n) is 8.36. The van der Waals surface area contributed by atoms with Crippen LogP contribution in [0, 0.1) is 10.7 Å². The molecule has 1 aliphatic rings. The van der Waals surface area contributed by atoms with Gasteiger partial charge in [0, 0.05) is 5.92 Å². The van der Waals surface area contributed by atoms with Gasteiger partial charge in [0.2, 0.25) is 4.77 Å². The average Bonchev–Trinajstić information content (AvgIpc) is 2.48. The summed E-state index contributed by atoms with van der Waals surface area (Å²) in [7, 11) is 0. The summed E-state index contributed by atoms with van der Waals surface area (Å²) < 4.78 is 2.02. The second-order valence-corrected chi connectivity index (χ2v) is 4.61. The highest BCUT2D eigenvalue weighted by Gasteiger charge is 2.24. The first-order valence-corrected chi connectivity index (χ1v) is 5.51. The molecule has 4 nitrogen and oxygen atoms in total. The maximum absolute atomic E-state index is 5.80. The van der Waals surface area contributed by atoms with Crippen molar-refractivity contribution in [1.82, 2.24) is 14.9 Å². The molecule has 1 heterocycles. The van der Waals surface area contributed by atoms with Gasteiger partial charge in [0.1, 0.15) is 0 Å². The topological polar surface area (TPSA) is 59.6 Å². The third-order valence-electron chi connectivity index (χ3n) is 3.03. The van der Waals surface area contributed by atoms with E-state index in [9.17, 15) is 0 Å². The first-order chi connectivity index (χ1) is 6.68. The van der Waals surface area contributed by atoms with Crippen LogP contribution in [0.15, 0.2) is 0 Å². The molecule has 0 bridgehead atoms. The van der Waals surface area contributed by atoms with Crippen LogP contribution in [0.4, 0.5) is 0 Å². The van der Waals surface area contributed by atoms with Gasteiger partial charge in [-0.2, -0.15) is 5.10 Å². The number of aromatic nitrogens is 3. The fourth-order valence-electron chi connectivity index (χ4n) is 2.27. The molecule has 1 aromatic heterocycles. The maximum atomic E-state index is 5.80. The minimum atomic E-state index is 0.483. The van der Waals surface area contributed by atoms with E-state index < -0.39 is 0 Å². The summed E-state index contributed by atoms with van der Waals surface area (Å²) in [6, 6.07) is 0. The molecule has 1 fully saturated rings. The summed E-state index contributed by atoms with van der Waals surface area (Å²) in [4.78, 5) is 0. The van der Waals surface area contributed by atoms with Crippen LogP contribution in [0.2, 0.25) is 0 Å². The van der Waals surface area contributed by atoms with E-state index in [2.05, 4.69) is 17.1 Å². The molecule has 2 rings (SSSR count). The van der Waals surface area contributed by atoms with Crippen LogP contribution >= 0.6 is 12.2 Å². The SMILES string of the molecule is CC1CCCC(c2n[nH]c(=S)n2N)C1. The molecular weight excluding hydrogens is 196 g/mol. The lowest BCUT2D eigenvalue weighted by molar-refractivity contribution is 0.332. The Morgan fingerprint density at radius 3 is 2.93 bits per heavy atom. The fourth-order valence-corrected chi connectivity index (χ4v) is 2.41. The van der Waals surface area contributed by atoms with Gasteiger partial charge in [0.15, 0.2) is 5.82 Å². The summed E-state index contributed by atoms with van der Waals surface area (Å²) in [5, 5.41) is 6.93. The molecule has 0 amide bonds. The number of nitrogen functional groups attached to an aromatic ring is 1. The lowest BCUT2D eigenvalue weighted by Gasteiger charge is -2.25. The van der Waals surface area contributed by atoms with Crippen molar-refractivity contribution in [3.63, 3.8) is 0 Å². The number of hydrogen-bond acceptors (Lipinski definition) is 3. The van der Waals surface area contributed by atoms with Crippen molar-refractivity contribution < 1.29 is 0 Å². The molecule has 1 saturated carbocycles. The highest BCUT2D eigenvalue weighted by atomic mass is 32.1. The smallest absolute Gasteiger partial charge is 0.214 e. The van der Waals surface area contributed by atoms with Gasteiger partial charge in [0.25, 0.3) is 0 Å². The van der Waals surface area contributed by atoms with Gasteiger partial charge in [-0.1, -0.05) is 19.8 Å². The molecular formula is C9H16N4S. The van der Waals surface area contributed by atoms with Crippen molar-refractivity contribution in [2.45, 2.75) is 38.5 Å². The number of H-pyrrole nitrogens is 1. The Morgan fingerprint density at radius 2 is 2.36 bits per heavy atom. The van der Waals surface area contributed by atoms with Crippen molar-refractivity contribution in [1.29, 1.82) is 0 Å². The number of nitrogens with one attached hydrogen (secondary N) is 1. The van der Waals surface area contributed by atoms with Crippen molar-refractivity contribution in [3.05, 3.63) is 10.6 Å². The van der Waals surface area contributed by atoms with Gasteiger partial charge < -0.3 is 5.84 Å². The number of hydrogen-bond donors (Lipinski definition) is 2. The van der Waals surface area contributed by atoms with Gasteiger partial charge in [0.05, 0.1) is 0 Å². The lowest BCUT2D eigenvalue weighted by atomic mass is 9.82. The molecule has 1 aromatic rings. The van der Waals surface area contributed by atoms with Gasteiger partial charge in [-0.15, -0.1) is 0 Å². The van der Waals surface area contributed by atoms with Gasteiger partial charge >= 0.3 is 0 Å². The molecule has 2 atom stereocenters. The van der Waals surface area contributed by atoms with E-state index in [0.29, 0.717) is 10.7 Å². The quantitative estimate of drug-likeness (QED) is 0.552. The summed E-state index contributed by atoms with van der Waals surface area (Å²) in [5.41, 5.74) is 0. The van der Waals surface area contributed by atoms with Gasteiger partial charge in [-0.25, -0.2) is 4.68 Å². The van der Waals surface area contributed by atoms with Crippen molar-refractivity contribution in [3.8, 4) is 0 Å². The number of rotatable bonds is 1. The van der Waals surface area contributed by atoms with E-state index in [-0.39, 0.29) is 0 Å². The Kier molecular flexibility index (Phi) is 2.58. The number of nitrogens with two attached hydrogens (primary N) is 1. The second-order valence-electron chi connectivity index (χ2n) is 4.23. The third-order valence-corrected chi connectivity index (χ3v) is 3.32. The van der Waals surface area contributed by atoms with E-state index in [1.165, 1.54) is 30.4 Å². The first kappa shape index (κ1) is 9.71. The third kappa shape index (κ3) is 1.68. The van der Waals surface area contributed by atoms with E-state index in [4.69, 9.17) is 18.1 Å². The first-order valence-electron chi connectivity index (χ1n) is 5.11. The zero-order valence-corrected chi connectivity index (χ0v) is 9.18. The Bertz CT molecular complexity index is 367. The molecule has 0 spiro atoms. The van der Waals surface area contributed by atoms with Gasteiger partial charge in [-0.05, 0) is 31.0 Å². The Morgan fingerprint density at radius 1 is 1.57 bits per heavy atom. The summed E-state index contributed by atoms with van der Waals surface area (Å²) >= 11 is 4.99. The van der Waals surface area contributed by atoms with Crippen LogP contribution in [-0.2, 0) is 0 Å². The Balaban J connectivity index is 2.22. The molecule has 0 aromatic carbocycles. The normalized spacial score (nSPS) is 27.8. The number of nitrogens with zero attached hydrogens (tertiary/aromatic N) is 2. The van der Waals surface area contributed by atoms with E-state index in [1.807, 2.05) is 0 Å². The van der Waals surface area contributed by atoms with E-state index in [0.717, 1.165) is 11.7 Å². The summed E-state index contributed by atoms with van der Waals surface area (Å²) in [5.74, 6) is 7.98. The largest absolute Gasteiger partial charge is 0.335 e. The van der Waals surface area contributed by atoms with Crippen LogP contribution in [-0.4, -0.2) is 14.9 Å². The monoisotopic (exact) mass is 212 g/mol. The lowest BCUT2D eigenvalue weighted by Crippen LogP contribution is -2.20. The predicted molar refractivity (Wildman–Crippen MR) is 57.9 cm³/mol. The van der Waals surface area contributed by atoms with Crippen LogP contribution in [0.5, 0.6) is 0 Å². The second kappa shape index (κ2) is 3.73. The Labute approximate surface area is 88.5 Å². The minimum absolute atomic E-state index is 0.483. The fraction of sp³-hybridized carbons (Fsp3) is 0.778. The minimum Gasteiger partial charge on any atom is -0.335 e. The van der Waals surface area contributed by atoms with Crippen LogP contribution in [0.3, 0.4) is 0 Å². The molecule has 0 saturated heterocycles. The van der Waals surface area contributed by atoms with Crippen molar-refractivity contribution >= 4 is 12.2 Å². The van der Waals surface area contributed by atoms with E-state index in [1.54, 1.807) is 0 Å². The van der Waals surface area contributed by atoms with E-state index >= 15 is 0 Å². The van der Waals surface area contributed by atoms with Crippen LogP contribution < -0.4 is 5.84 Å². The highest BCUT2D eigenvalue weighted by molar-refractivity contribution is 7.71. The summed E-state index contributed by atoms with van der Waals surface area (Å²) in [6.07, 6.45) is 4.95. The molecule has 3 N–H and O–H groups in total. The van der Waals surface area contributed by atoms with Crippen molar-refractivity contribution in [2.75, 3.05) is 5.84 Å². The molecule has 0 radical (unpaired) electrons. The molecule has 2 unspecified atom stereocenters. The molecule has 5 heteroatoms. The van der Waals surface area contributed by atoms with Crippen LogP contribution in [0.25, 0.3) is 0 Å². The highest BCUT2D eigenvalue weighted by Crippen LogP contribution is 2.34. The molecule has 1 aliphatic carbocycles. The predicted octanol–water partition coefficient (Wildman–Crippen LogP) is 1.95. The Hall–Kier alpha value is -0.840. The van der Waals surface area contributed by atoms with Crippen LogP contribution in [0.1, 0.15) is 44.3 Å². The van der Waals surface area contributed by atoms with Crippen molar-refractivity contribution in [2.24, 2.45) is 5.92 Å². The molecule has 14 heavy (non-hydrogen) atoms. The zero-order chi connectivity index (χ0) is 10.1. The standard InChI is InChI=1S/C9H16N4S/c1-6-3-2-4-7(5-6)8-11-12-9(14)13(8)10/h6-7H,2-5,10H2,1H3,(H,12,14). The number of aromatic amines is 1. The summed E-state index contributed by atoms with van der Waals surface area (Å²) in [6.45, 7) is 2.29.